The van der Waals surface area contributed by atoms with E-state index in [1.807, 2.05) is 0 Å². The van der Waals surface area contributed by atoms with Crippen LogP contribution < -0.4 is 9.62 Å². The fraction of sp³-hybridized carbons (Fsp3) is 0.458. The van der Waals surface area contributed by atoms with Gasteiger partial charge in [0.25, 0.3) is 10.0 Å². The predicted molar refractivity (Wildman–Crippen MR) is 123 cm³/mol. The first-order chi connectivity index (χ1) is 16.1. The molecule has 0 aliphatic heterocycles. The van der Waals surface area contributed by atoms with E-state index in [1.54, 1.807) is 19.1 Å². The van der Waals surface area contributed by atoms with Gasteiger partial charge in [0.05, 0.1) is 22.3 Å². The largest absolute Gasteiger partial charge is 0.416 e. The third-order valence-corrected chi connectivity index (χ3v) is 7.44. The van der Waals surface area contributed by atoms with Crippen LogP contribution in [0.5, 0.6) is 0 Å². The van der Waals surface area contributed by atoms with Gasteiger partial charge >= 0.3 is 6.18 Å². The number of halogens is 3. The summed E-state index contributed by atoms with van der Waals surface area (Å²) >= 11 is 0. The summed E-state index contributed by atoms with van der Waals surface area (Å²) in [6.45, 7) is 1.88. The lowest BCUT2D eigenvalue weighted by molar-refractivity contribution is -0.137. The molecule has 0 heterocycles. The molecule has 3 rings (SSSR count). The third-order valence-electron chi connectivity index (χ3n) is 5.66. The summed E-state index contributed by atoms with van der Waals surface area (Å²) in [5, 5.41) is 2.64. The summed E-state index contributed by atoms with van der Waals surface area (Å²) in [6.07, 6.45) is 0.536. The van der Waals surface area contributed by atoms with Gasteiger partial charge in [-0.05, 0) is 56.5 Å². The molecular formula is C24H29F3N2O4S. The number of benzene rings is 2. The number of sulfonamides is 1. The zero-order valence-electron chi connectivity index (χ0n) is 19.0. The molecule has 186 valence electrons. The number of carbonyl (C=O) groups is 1. The Bertz CT molecular complexity index is 1070. The van der Waals surface area contributed by atoms with Crippen LogP contribution in [0.2, 0.25) is 0 Å². The number of nitrogens with zero attached hydrogens (tertiary/aromatic N) is 1. The van der Waals surface area contributed by atoms with Crippen LogP contribution in [-0.2, 0) is 25.7 Å². The summed E-state index contributed by atoms with van der Waals surface area (Å²) < 4.78 is 72.8. The number of carbonyl (C=O) groups excluding carboxylic acids is 1. The van der Waals surface area contributed by atoms with Gasteiger partial charge in [-0.1, -0.05) is 36.6 Å². The van der Waals surface area contributed by atoms with Crippen molar-refractivity contribution >= 4 is 21.6 Å². The number of amides is 1. The van der Waals surface area contributed by atoms with Crippen LogP contribution in [0.1, 0.15) is 43.2 Å². The zero-order chi connectivity index (χ0) is 24.8. The second kappa shape index (κ2) is 11.2. The number of alkyl halides is 3. The van der Waals surface area contributed by atoms with Crippen LogP contribution >= 0.6 is 0 Å². The van der Waals surface area contributed by atoms with Crippen LogP contribution in [0.3, 0.4) is 0 Å². The molecule has 6 nitrogen and oxygen atoms in total. The SMILES string of the molecule is Cc1ccc(S(=O)(=O)N(CC(=O)NCCCOC2CCCC2)c2cccc(C(F)(F)F)c2)cc1. The fourth-order valence-corrected chi connectivity index (χ4v) is 5.19. The van der Waals surface area contributed by atoms with Gasteiger partial charge in [0.1, 0.15) is 6.54 Å². The first-order valence-electron chi connectivity index (χ1n) is 11.2. The molecule has 0 atom stereocenters. The summed E-state index contributed by atoms with van der Waals surface area (Å²) in [5.74, 6) is -0.617. The van der Waals surface area contributed by atoms with Crippen molar-refractivity contribution in [2.45, 2.75) is 56.2 Å². The monoisotopic (exact) mass is 498 g/mol. The molecule has 34 heavy (non-hydrogen) atoms. The van der Waals surface area contributed by atoms with E-state index in [-0.39, 0.29) is 23.2 Å². The summed E-state index contributed by atoms with van der Waals surface area (Å²) in [4.78, 5) is 12.5. The van der Waals surface area contributed by atoms with E-state index >= 15 is 0 Å². The van der Waals surface area contributed by atoms with E-state index < -0.39 is 34.2 Å². The lowest BCUT2D eigenvalue weighted by atomic mass is 10.2. The number of rotatable bonds is 10. The van der Waals surface area contributed by atoms with Gasteiger partial charge in [0, 0.05) is 13.2 Å². The molecule has 0 aromatic heterocycles. The number of hydrogen-bond donors (Lipinski definition) is 1. The molecule has 0 bridgehead atoms. The van der Waals surface area contributed by atoms with E-state index in [0.29, 0.717) is 17.3 Å². The quantitative estimate of drug-likeness (QED) is 0.483. The van der Waals surface area contributed by atoms with Crippen molar-refractivity contribution in [2.24, 2.45) is 0 Å². The number of hydrogen-bond acceptors (Lipinski definition) is 4. The molecule has 2 aromatic rings. The first kappa shape index (κ1) is 26.0. The number of aryl methyl sites for hydroxylation is 1. The second-order valence-electron chi connectivity index (χ2n) is 8.35. The van der Waals surface area contributed by atoms with Crippen LogP contribution in [0, 0.1) is 6.92 Å². The van der Waals surface area contributed by atoms with Crippen molar-refractivity contribution in [3.05, 3.63) is 59.7 Å². The van der Waals surface area contributed by atoms with Crippen molar-refractivity contribution in [3.63, 3.8) is 0 Å². The Morgan fingerprint density at radius 3 is 2.44 bits per heavy atom. The van der Waals surface area contributed by atoms with Gasteiger partial charge in [0.2, 0.25) is 5.91 Å². The van der Waals surface area contributed by atoms with Gasteiger partial charge < -0.3 is 10.1 Å². The summed E-state index contributed by atoms with van der Waals surface area (Å²) in [6, 6.07) is 9.84. The maximum Gasteiger partial charge on any atom is 0.416 e. The maximum atomic E-state index is 13.3. The van der Waals surface area contributed by atoms with E-state index in [2.05, 4.69) is 5.32 Å². The predicted octanol–water partition coefficient (Wildman–Crippen LogP) is 4.67. The second-order valence-corrected chi connectivity index (χ2v) is 10.2. The van der Waals surface area contributed by atoms with Crippen molar-refractivity contribution in [1.29, 1.82) is 0 Å². The molecule has 1 aliphatic rings. The molecule has 0 unspecified atom stereocenters. The van der Waals surface area contributed by atoms with E-state index in [4.69, 9.17) is 4.74 Å². The summed E-state index contributed by atoms with van der Waals surface area (Å²) in [7, 11) is -4.29. The highest BCUT2D eigenvalue weighted by molar-refractivity contribution is 7.92. The molecule has 1 saturated carbocycles. The van der Waals surface area contributed by atoms with Crippen LogP contribution in [0.25, 0.3) is 0 Å². The van der Waals surface area contributed by atoms with Gasteiger partial charge in [-0.15, -0.1) is 0 Å². The molecule has 1 amide bonds. The van der Waals surface area contributed by atoms with Gasteiger partial charge in [-0.25, -0.2) is 8.42 Å². The minimum absolute atomic E-state index is 0.117. The molecule has 1 aliphatic carbocycles. The first-order valence-corrected chi connectivity index (χ1v) is 12.7. The summed E-state index contributed by atoms with van der Waals surface area (Å²) in [5.41, 5.74) is -0.421. The molecule has 10 heteroatoms. The molecule has 2 aromatic carbocycles. The van der Waals surface area contributed by atoms with E-state index in [1.165, 1.54) is 18.2 Å². The molecule has 1 fully saturated rings. The Morgan fingerprint density at radius 1 is 1.12 bits per heavy atom. The lowest BCUT2D eigenvalue weighted by Gasteiger charge is -2.25. The third kappa shape index (κ3) is 6.96. The Labute approximate surface area is 198 Å². The fourth-order valence-electron chi connectivity index (χ4n) is 3.78. The molecule has 0 spiro atoms. The molecule has 0 saturated heterocycles. The molecular weight excluding hydrogens is 469 g/mol. The minimum Gasteiger partial charge on any atom is -0.378 e. The average Bonchev–Trinajstić information content (AvgIpc) is 3.30. The molecule has 0 radical (unpaired) electrons. The lowest BCUT2D eigenvalue weighted by Crippen LogP contribution is -2.41. The normalized spacial score (nSPS) is 14.8. The van der Waals surface area contributed by atoms with Gasteiger partial charge in [0.15, 0.2) is 0 Å². The highest BCUT2D eigenvalue weighted by Crippen LogP contribution is 2.33. The smallest absolute Gasteiger partial charge is 0.378 e. The Hall–Kier alpha value is -2.59. The average molecular weight is 499 g/mol. The van der Waals surface area contributed by atoms with Crippen LogP contribution in [0.4, 0.5) is 18.9 Å². The van der Waals surface area contributed by atoms with Gasteiger partial charge in [-0.2, -0.15) is 13.2 Å². The Kier molecular flexibility index (Phi) is 8.59. The molecule has 1 N–H and O–H groups in total. The minimum atomic E-state index is -4.66. The number of anilines is 1. The van der Waals surface area contributed by atoms with Crippen molar-refractivity contribution in [2.75, 3.05) is 24.0 Å². The van der Waals surface area contributed by atoms with Crippen molar-refractivity contribution in [3.8, 4) is 0 Å². The maximum absolute atomic E-state index is 13.3. The zero-order valence-corrected chi connectivity index (χ0v) is 19.8. The van der Waals surface area contributed by atoms with Crippen molar-refractivity contribution in [1.82, 2.24) is 5.32 Å². The van der Waals surface area contributed by atoms with E-state index in [9.17, 15) is 26.4 Å². The van der Waals surface area contributed by atoms with Crippen LogP contribution in [0.15, 0.2) is 53.4 Å². The Morgan fingerprint density at radius 2 is 1.79 bits per heavy atom. The standard InChI is InChI=1S/C24H29F3N2O4S/c1-18-10-12-22(13-11-18)34(31,32)29(20-7-4-6-19(16-20)24(25,26)27)17-23(30)28-14-5-15-33-21-8-2-3-9-21/h4,6-7,10-13,16,21H,2-3,5,8-9,14-15,17H2,1H3,(H,28,30). The highest BCUT2D eigenvalue weighted by Gasteiger charge is 2.33. The van der Waals surface area contributed by atoms with E-state index in [0.717, 1.165) is 49.4 Å². The highest BCUT2D eigenvalue weighted by atomic mass is 32.2. The van der Waals surface area contributed by atoms with Crippen molar-refractivity contribution < 1.29 is 31.1 Å². The number of nitrogens with one attached hydrogen (secondary N) is 1. The topological polar surface area (TPSA) is 75.7 Å². The number of ether oxygens (including phenoxy) is 1. The van der Waals surface area contributed by atoms with Crippen LogP contribution in [-0.4, -0.2) is 40.1 Å². The van der Waals surface area contributed by atoms with Gasteiger partial charge in [-0.3, -0.25) is 9.10 Å². The Balaban J connectivity index is 1.74.